The van der Waals surface area contributed by atoms with Gasteiger partial charge in [-0.1, -0.05) is 0 Å². The van der Waals surface area contributed by atoms with Gasteiger partial charge in [-0.05, 0) is 0 Å². The average molecular weight is 259 g/mol. The maximum Gasteiger partial charge on any atom is 0.322 e. The molecule has 0 heterocycles. The maximum atomic E-state index is 11.2. The molecular formula is C10H17N3O5. The number of carbonyl (C=O) groups is 4. The van der Waals surface area contributed by atoms with Gasteiger partial charge in [0.1, 0.15) is 6.54 Å². The highest BCUT2D eigenvalue weighted by atomic mass is 16.4. The number of carboxylic acid groups (broad SMARTS) is 1. The first-order valence-electron chi connectivity index (χ1n) is 5.41. The molecule has 0 unspecified atom stereocenters. The number of nitrogens with one attached hydrogen (secondary N) is 3. The van der Waals surface area contributed by atoms with E-state index < -0.39 is 18.4 Å². The fraction of sp³-hybridized carbons (Fsp3) is 0.600. The second kappa shape index (κ2) is 8.97. The predicted octanol–water partition coefficient (Wildman–Crippen LogP) is -1.78. The third kappa shape index (κ3) is 10.4. The molecule has 0 aromatic rings. The summed E-state index contributed by atoms with van der Waals surface area (Å²) < 4.78 is 0. The number of carboxylic acids is 1. The van der Waals surface area contributed by atoms with Gasteiger partial charge >= 0.3 is 5.97 Å². The third-order valence-electron chi connectivity index (χ3n) is 1.84. The Balaban J connectivity index is 3.54. The molecule has 8 nitrogen and oxygen atoms in total. The van der Waals surface area contributed by atoms with E-state index in [-0.39, 0.29) is 31.2 Å². The van der Waals surface area contributed by atoms with Gasteiger partial charge in [0.15, 0.2) is 0 Å². The van der Waals surface area contributed by atoms with E-state index in [1.807, 2.05) is 0 Å². The lowest BCUT2D eigenvalue weighted by Crippen LogP contribution is -2.34. The largest absolute Gasteiger partial charge is 0.480 e. The Morgan fingerprint density at radius 3 is 1.89 bits per heavy atom. The Morgan fingerprint density at radius 1 is 0.889 bits per heavy atom. The van der Waals surface area contributed by atoms with E-state index in [2.05, 4.69) is 16.0 Å². The van der Waals surface area contributed by atoms with E-state index in [4.69, 9.17) is 5.11 Å². The van der Waals surface area contributed by atoms with Crippen molar-refractivity contribution in [2.24, 2.45) is 0 Å². The molecule has 0 aliphatic carbocycles. The van der Waals surface area contributed by atoms with Gasteiger partial charge in [0.25, 0.3) is 0 Å². The summed E-state index contributed by atoms with van der Waals surface area (Å²) in [6.45, 7) is 1.53. The highest BCUT2D eigenvalue weighted by molar-refractivity contribution is 5.85. The van der Waals surface area contributed by atoms with Crippen molar-refractivity contribution in [3.05, 3.63) is 0 Å². The normalized spacial score (nSPS) is 9.39. The first-order chi connectivity index (χ1) is 8.41. The number of hydrogen-bond acceptors (Lipinski definition) is 4. The van der Waals surface area contributed by atoms with Gasteiger partial charge in [-0.2, -0.15) is 0 Å². The Labute approximate surface area is 104 Å². The van der Waals surface area contributed by atoms with Crippen LogP contribution >= 0.6 is 0 Å². The molecule has 0 radical (unpaired) electrons. The fourth-order valence-electron chi connectivity index (χ4n) is 1.02. The summed E-state index contributed by atoms with van der Waals surface area (Å²) in [5.74, 6) is -2.14. The molecule has 0 fully saturated rings. The highest BCUT2D eigenvalue weighted by Gasteiger charge is 2.07. The van der Waals surface area contributed by atoms with Gasteiger partial charge in [0, 0.05) is 32.9 Å². The van der Waals surface area contributed by atoms with E-state index in [1.54, 1.807) is 0 Å². The van der Waals surface area contributed by atoms with Gasteiger partial charge in [-0.15, -0.1) is 0 Å². The Morgan fingerprint density at radius 2 is 1.39 bits per heavy atom. The van der Waals surface area contributed by atoms with Gasteiger partial charge < -0.3 is 21.1 Å². The standard InChI is InChI=1S/C10H17N3O5/c1-7(14)11-4-5-12-8(15)2-3-9(16)13-6-10(17)18/h2-6H2,1H3,(H,11,14)(H,12,15)(H,13,16)(H,17,18). The van der Waals surface area contributed by atoms with Crippen molar-refractivity contribution in [3.8, 4) is 0 Å². The van der Waals surface area contributed by atoms with E-state index in [0.29, 0.717) is 6.54 Å². The van der Waals surface area contributed by atoms with E-state index in [0.717, 1.165) is 0 Å². The smallest absolute Gasteiger partial charge is 0.322 e. The summed E-state index contributed by atoms with van der Waals surface area (Å²) in [6, 6.07) is 0. The maximum absolute atomic E-state index is 11.2. The summed E-state index contributed by atoms with van der Waals surface area (Å²) in [6.07, 6.45) is -0.0925. The molecule has 0 aliphatic rings. The lowest BCUT2D eigenvalue weighted by atomic mass is 10.3. The minimum atomic E-state index is -1.14. The molecule has 0 saturated heterocycles. The van der Waals surface area contributed by atoms with E-state index in [9.17, 15) is 19.2 Å². The van der Waals surface area contributed by atoms with Crippen molar-refractivity contribution in [3.63, 3.8) is 0 Å². The number of carbonyl (C=O) groups excluding carboxylic acids is 3. The SMILES string of the molecule is CC(=O)NCCNC(=O)CCC(=O)NCC(=O)O. The van der Waals surface area contributed by atoms with Crippen LogP contribution in [0.2, 0.25) is 0 Å². The quantitative estimate of drug-likeness (QED) is 0.383. The van der Waals surface area contributed by atoms with Gasteiger partial charge in [-0.3, -0.25) is 19.2 Å². The summed E-state index contributed by atoms with van der Waals surface area (Å²) in [5, 5.41) is 15.5. The summed E-state index contributed by atoms with van der Waals surface area (Å²) in [4.78, 5) is 42.9. The van der Waals surface area contributed by atoms with Gasteiger partial charge in [-0.25, -0.2) is 0 Å². The number of amides is 3. The van der Waals surface area contributed by atoms with Crippen molar-refractivity contribution in [1.82, 2.24) is 16.0 Å². The topological polar surface area (TPSA) is 125 Å². The van der Waals surface area contributed by atoms with Crippen molar-refractivity contribution < 1.29 is 24.3 Å². The summed E-state index contributed by atoms with van der Waals surface area (Å²) in [5.41, 5.74) is 0. The molecule has 18 heavy (non-hydrogen) atoms. The molecule has 8 heteroatoms. The van der Waals surface area contributed by atoms with Crippen molar-refractivity contribution >= 4 is 23.7 Å². The van der Waals surface area contributed by atoms with Crippen LogP contribution in [0.5, 0.6) is 0 Å². The van der Waals surface area contributed by atoms with Crippen LogP contribution in [0.25, 0.3) is 0 Å². The molecule has 0 saturated carbocycles. The minimum absolute atomic E-state index is 0.0223. The number of aliphatic carboxylic acids is 1. The van der Waals surface area contributed by atoms with Crippen LogP contribution in [0, 0.1) is 0 Å². The molecule has 0 bridgehead atoms. The zero-order valence-electron chi connectivity index (χ0n) is 10.1. The number of rotatable bonds is 8. The molecule has 0 rings (SSSR count). The van der Waals surface area contributed by atoms with Crippen LogP contribution in [0.1, 0.15) is 19.8 Å². The Kier molecular flexibility index (Phi) is 7.91. The molecule has 4 N–H and O–H groups in total. The minimum Gasteiger partial charge on any atom is -0.480 e. The zero-order chi connectivity index (χ0) is 14.0. The molecule has 0 spiro atoms. The Hall–Kier alpha value is -2.12. The lowest BCUT2D eigenvalue weighted by Gasteiger charge is -2.05. The van der Waals surface area contributed by atoms with Crippen LogP contribution in [0.3, 0.4) is 0 Å². The van der Waals surface area contributed by atoms with Crippen molar-refractivity contribution in [2.45, 2.75) is 19.8 Å². The monoisotopic (exact) mass is 259 g/mol. The average Bonchev–Trinajstić information content (AvgIpc) is 2.29. The predicted molar refractivity (Wildman–Crippen MR) is 61.6 cm³/mol. The van der Waals surface area contributed by atoms with Crippen molar-refractivity contribution in [2.75, 3.05) is 19.6 Å². The fourth-order valence-corrected chi connectivity index (χ4v) is 1.02. The van der Waals surface area contributed by atoms with Gasteiger partial charge in [0.05, 0.1) is 0 Å². The molecule has 3 amide bonds. The van der Waals surface area contributed by atoms with Crippen LogP contribution < -0.4 is 16.0 Å². The third-order valence-corrected chi connectivity index (χ3v) is 1.84. The molecule has 0 aromatic carbocycles. The first-order valence-corrected chi connectivity index (χ1v) is 5.41. The lowest BCUT2D eigenvalue weighted by molar-refractivity contribution is -0.138. The first kappa shape index (κ1) is 15.9. The molecule has 102 valence electrons. The second-order valence-electron chi connectivity index (χ2n) is 3.50. The van der Waals surface area contributed by atoms with Crippen LogP contribution in [0.4, 0.5) is 0 Å². The molecular weight excluding hydrogens is 242 g/mol. The van der Waals surface area contributed by atoms with E-state index >= 15 is 0 Å². The summed E-state index contributed by atoms with van der Waals surface area (Å²) in [7, 11) is 0. The molecule has 0 atom stereocenters. The molecule has 0 aromatic heterocycles. The Bertz CT molecular complexity index is 329. The highest BCUT2D eigenvalue weighted by Crippen LogP contribution is 1.88. The van der Waals surface area contributed by atoms with Crippen molar-refractivity contribution in [1.29, 1.82) is 0 Å². The zero-order valence-corrected chi connectivity index (χ0v) is 10.1. The van der Waals surface area contributed by atoms with E-state index in [1.165, 1.54) is 6.92 Å². The van der Waals surface area contributed by atoms with Crippen LogP contribution in [-0.2, 0) is 19.2 Å². The van der Waals surface area contributed by atoms with Crippen LogP contribution in [-0.4, -0.2) is 48.4 Å². The molecule has 0 aliphatic heterocycles. The summed E-state index contributed by atoms with van der Waals surface area (Å²) >= 11 is 0. The second-order valence-corrected chi connectivity index (χ2v) is 3.50. The van der Waals surface area contributed by atoms with Crippen LogP contribution in [0.15, 0.2) is 0 Å². The number of hydrogen-bond donors (Lipinski definition) is 4. The van der Waals surface area contributed by atoms with Gasteiger partial charge in [0.2, 0.25) is 17.7 Å².